The number of carbonyl (C=O) groups excluding carboxylic acids is 2. The Morgan fingerprint density at radius 1 is 0.871 bits per heavy atom. The van der Waals surface area contributed by atoms with Gasteiger partial charge in [0.2, 0.25) is 5.91 Å². The van der Waals surface area contributed by atoms with Crippen molar-refractivity contribution in [3.8, 4) is 5.75 Å². The summed E-state index contributed by atoms with van der Waals surface area (Å²) in [5.41, 5.74) is 2.59. The molecule has 154 valence electrons. The molecule has 0 unspecified atom stereocenters. The molecule has 2 amide bonds. The van der Waals surface area contributed by atoms with Crippen LogP contribution in [0.2, 0.25) is 0 Å². The molecule has 3 aromatic carbocycles. The fourth-order valence-electron chi connectivity index (χ4n) is 4.12. The Bertz CT molecular complexity index is 1190. The zero-order valence-electron chi connectivity index (χ0n) is 16.6. The predicted octanol–water partition coefficient (Wildman–Crippen LogP) is 4.24. The van der Waals surface area contributed by atoms with Gasteiger partial charge in [0.15, 0.2) is 0 Å². The third-order valence-electron chi connectivity index (χ3n) is 5.54. The van der Waals surface area contributed by atoms with E-state index in [1.165, 1.54) is 12.0 Å². The Labute approximate surface area is 187 Å². The Kier molecular flexibility index (Phi) is 4.82. The van der Waals surface area contributed by atoms with Crippen molar-refractivity contribution in [2.45, 2.75) is 6.04 Å². The normalized spacial score (nSPS) is 20.1. The Morgan fingerprint density at radius 2 is 1.55 bits per heavy atom. The zero-order valence-corrected chi connectivity index (χ0v) is 18.2. The average Bonchev–Trinajstić information content (AvgIpc) is 3.32. The Morgan fingerprint density at radius 3 is 2.26 bits per heavy atom. The van der Waals surface area contributed by atoms with Gasteiger partial charge in [-0.2, -0.15) is 5.10 Å². The SMILES string of the molecule is COc1ccccc1N1C(=O)[C@@H]2C(c3ccc(Br)cc3)=NN(c3ccccc3)[C@@H]2C1=O. The first-order valence-electron chi connectivity index (χ1n) is 9.79. The molecular formula is C24H18BrN3O3. The first-order valence-corrected chi connectivity index (χ1v) is 10.6. The van der Waals surface area contributed by atoms with Gasteiger partial charge in [-0.25, -0.2) is 4.90 Å². The number of para-hydroxylation sites is 3. The lowest BCUT2D eigenvalue weighted by atomic mass is 9.93. The molecule has 5 rings (SSSR count). The minimum absolute atomic E-state index is 0.306. The van der Waals surface area contributed by atoms with E-state index in [2.05, 4.69) is 15.9 Å². The fourth-order valence-corrected chi connectivity index (χ4v) is 4.38. The summed E-state index contributed by atoms with van der Waals surface area (Å²) in [6, 6.07) is 23.3. The maximum atomic E-state index is 13.6. The summed E-state index contributed by atoms with van der Waals surface area (Å²) in [5.74, 6) is -0.866. The molecule has 31 heavy (non-hydrogen) atoms. The number of hydrogen-bond donors (Lipinski definition) is 0. The van der Waals surface area contributed by atoms with Crippen molar-refractivity contribution >= 4 is 44.8 Å². The van der Waals surface area contributed by atoms with Crippen LogP contribution < -0.4 is 14.6 Å². The second-order valence-corrected chi connectivity index (χ2v) is 8.19. The molecule has 0 saturated carbocycles. The molecule has 1 saturated heterocycles. The number of ether oxygens (including phenoxy) is 1. The van der Waals surface area contributed by atoms with Gasteiger partial charge in [-0.3, -0.25) is 14.6 Å². The molecule has 0 spiro atoms. The number of halogens is 1. The number of benzene rings is 3. The average molecular weight is 476 g/mol. The number of anilines is 2. The van der Waals surface area contributed by atoms with Crippen LogP contribution in [0.4, 0.5) is 11.4 Å². The first kappa shape index (κ1) is 19.5. The molecule has 2 atom stereocenters. The zero-order chi connectivity index (χ0) is 21.5. The number of hydrazone groups is 1. The number of imide groups is 1. The van der Waals surface area contributed by atoms with Crippen molar-refractivity contribution < 1.29 is 14.3 Å². The second kappa shape index (κ2) is 7.67. The summed E-state index contributed by atoms with van der Waals surface area (Å²) in [7, 11) is 1.52. The lowest BCUT2D eigenvalue weighted by Gasteiger charge is -2.22. The van der Waals surface area contributed by atoms with Gasteiger partial charge < -0.3 is 4.74 Å². The lowest BCUT2D eigenvalue weighted by molar-refractivity contribution is -0.121. The summed E-state index contributed by atoms with van der Waals surface area (Å²) in [6.07, 6.45) is 0. The maximum Gasteiger partial charge on any atom is 0.260 e. The van der Waals surface area contributed by atoms with E-state index in [1.807, 2.05) is 54.6 Å². The van der Waals surface area contributed by atoms with Crippen LogP contribution in [-0.2, 0) is 9.59 Å². The third kappa shape index (κ3) is 3.13. The van der Waals surface area contributed by atoms with E-state index in [-0.39, 0.29) is 11.8 Å². The summed E-state index contributed by atoms with van der Waals surface area (Å²) in [5, 5.41) is 6.41. The minimum atomic E-state index is -0.751. The number of rotatable bonds is 4. The Balaban J connectivity index is 1.65. The first-order chi connectivity index (χ1) is 15.1. The number of amides is 2. The van der Waals surface area contributed by atoms with Crippen LogP contribution in [0.3, 0.4) is 0 Å². The molecule has 1 fully saturated rings. The lowest BCUT2D eigenvalue weighted by Crippen LogP contribution is -2.39. The largest absolute Gasteiger partial charge is 0.495 e. The molecule has 0 aliphatic carbocycles. The van der Waals surface area contributed by atoms with Crippen molar-refractivity contribution in [1.29, 1.82) is 0 Å². The monoisotopic (exact) mass is 475 g/mol. The van der Waals surface area contributed by atoms with Crippen LogP contribution in [0.15, 0.2) is 88.4 Å². The molecule has 7 heteroatoms. The highest BCUT2D eigenvalue weighted by atomic mass is 79.9. The number of methoxy groups -OCH3 is 1. The van der Waals surface area contributed by atoms with Crippen molar-refractivity contribution in [2.24, 2.45) is 11.0 Å². The summed E-state index contributed by atoms with van der Waals surface area (Å²) >= 11 is 3.44. The van der Waals surface area contributed by atoms with Gasteiger partial charge in [0, 0.05) is 4.47 Å². The number of carbonyl (C=O) groups is 2. The summed E-state index contributed by atoms with van der Waals surface area (Å²) < 4.78 is 6.34. The van der Waals surface area contributed by atoms with Gasteiger partial charge in [0.05, 0.1) is 24.2 Å². The molecule has 0 bridgehead atoms. The van der Waals surface area contributed by atoms with E-state index < -0.39 is 12.0 Å². The molecule has 2 aliphatic rings. The molecular weight excluding hydrogens is 458 g/mol. The van der Waals surface area contributed by atoms with Gasteiger partial charge in [-0.05, 0) is 42.0 Å². The van der Waals surface area contributed by atoms with Crippen molar-refractivity contribution in [3.63, 3.8) is 0 Å². The van der Waals surface area contributed by atoms with Gasteiger partial charge in [-0.15, -0.1) is 0 Å². The molecule has 6 nitrogen and oxygen atoms in total. The van der Waals surface area contributed by atoms with E-state index in [9.17, 15) is 9.59 Å². The van der Waals surface area contributed by atoms with E-state index in [1.54, 1.807) is 29.3 Å². The van der Waals surface area contributed by atoms with E-state index >= 15 is 0 Å². The van der Waals surface area contributed by atoms with Gasteiger partial charge in [-0.1, -0.05) is 58.4 Å². The fraction of sp³-hybridized carbons (Fsp3) is 0.125. The molecule has 2 aliphatic heterocycles. The van der Waals surface area contributed by atoms with Crippen molar-refractivity contribution in [1.82, 2.24) is 0 Å². The molecule has 0 N–H and O–H groups in total. The topological polar surface area (TPSA) is 62.2 Å². The number of fused-ring (bicyclic) bond motifs is 1. The van der Waals surface area contributed by atoms with E-state index in [4.69, 9.17) is 9.84 Å². The van der Waals surface area contributed by atoms with E-state index in [0.29, 0.717) is 17.1 Å². The summed E-state index contributed by atoms with van der Waals surface area (Å²) in [4.78, 5) is 28.5. The third-order valence-corrected chi connectivity index (χ3v) is 6.06. The molecule has 0 radical (unpaired) electrons. The van der Waals surface area contributed by atoms with Crippen LogP contribution in [0.5, 0.6) is 5.75 Å². The number of nitrogens with zero attached hydrogens (tertiary/aromatic N) is 3. The Hall–Kier alpha value is -3.45. The van der Waals surface area contributed by atoms with Crippen LogP contribution in [-0.4, -0.2) is 30.7 Å². The summed E-state index contributed by atoms with van der Waals surface area (Å²) in [6.45, 7) is 0. The minimum Gasteiger partial charge on any atom is -0.495 e. The standard InChI is InChI=1S/C24H18BrN3O3/c1-31-19-10-6-5-9-18(19)27-23(29)20-21(15-11-13-16(25)14-12-15)26-28(22(20)24(27)30)17-7-3-2-4-8-17/h2-14,20,22H,1H3/t20-,22+/m1/s1. The van der Waals surface area contributed by atoms with Crippen LogP contribution in [0.1, 0.15) is 5.56 Å². The van der Waals surface area contributed by atoms with Gasteiger partial charge in [0.1, 0.15) is 17.7 Å². The molecule has 0 aromatic heterocycles. The van der Waals surface area contributed by atoms with Gasteiger partial charge in [0.25, 0.3) is 5.91 Å². The predicted molar refractivity (Wildman–Crippen MR) is 122 cm³/mol. The smallest absolute Gasteiger partial charge is 0.260 e. The second-order valence-electron chi connectivity index (χ2n) is 7.28. The van der Waals surface area contributed by atoms with Crippen LogP contribution in [0, 0.1) is 5.92 Å². The van der Waals surface area contributed by atoms with Gasteiger partial charge >= 0.3 is 0 Å². The molecule has 2 heterocycles. The maximum absolute atomic E-state index is 13.6. The highest BCUT2D eigenvalue weighted by molar-refractivity contribution is 9.10. The van der Waals surface area contributed by atoms with E-state index in [0.717, 1.165) is 15.7 Å². The number of hydrogen-bond acceptors (Lipinski definition) is 5. The van der Waals surface area contributed by atoms with Crippen molar-refractivity contribution in [2.75, 3.05) is 17.0 Å². The highest BCUT2D eigenvalue weighted by Crippen LogP contribution is 2.41. The van der Waals surface area contributed by atoms with Crippen molar-refractivity contribution in [3.05, 3.63) is 88.9 Å². The van der Waals surface area contributed by atoms with Crippen LogP contribution >= 0.6 is 15.9 Å². The van der Waals surface area contributed by atoms with Crippen LogP contribution in [0.25, 0.3) is 0 Å². The molecule has 3 aromatic rings. The quantitative estimate of drug-likeness (QED) is 0.529. The highest BCUT2D eigenvalue weighted by Gasteiger charge is 2.57.